The molecule has 0 saturated carbocycles. The summed E-state index contributed by atoms with van der Waals surface area (Å²) < 4.78 is 5.07. The van der Waals surface area contributed by atoms with Crippen LogP contribution >= 0.6 is 0 Å². The summed E-state index contributed by atoms with van der Waals surface area (Å²) in [7, 11) is 0. The van der Waals surface area contributed by atoms with Crippen LogP contribution in [0.1, 0.15) is 155 Å². The highest BCUT2D eigenvalue weighted by molar-refractivity contribution is 4.86. The minimum Gasteiger partial charge on any atom is -0.234 e. The molecule has 0 aromatic carbocycles. The Hall–Kier alpha value is -0.790. The Labute approximate surface area is 189 Å². The summed E-state index contributed by atoms with van der Waals surface area (Å²) in [4.78, 5) is 0. The SMILES string of the molecule is CCCCCCCCCCCCc1n(C(C)C)cc[n+]1CCCCCCCCCC. The zero-order valence-corrected chi connectivity index (χ0v) is 21.3. The van der Waals surface area contributed by atoms with Gasteiger partial charge in [0.05, 0.1) is 12.6 Å². The first-order valence-corrected chi connectivity index (χ1v) is 13.8. The quantitative estimate of drug-likeness (QED) is 0.139. The molecule has 0 amide bonds. The van der Waals surface area contributed by atoms with Crippen LogP contribution in [0.3, 0.4) is 0 Å². The minimum atomic E-state index is 0.572. The summed E-state index contributed by atoms with van der Waals surface area (Å²) in [6, 6.07) is 0.572. The van der Waals surface area contributed by atoms with Crippen LogP contribution in [0.2, 0.25) is 0 Å². The lowest BCUT2D eigenvalue weighted by Gasteiger charge is -2.08. The van der Waals surface area contributed by atoms with Gasteiger partial charge in [0, 0.05) is 6.42 Å². The summed E-state index contributed by atoms with van der Waals surface area (Å²) in [5.74, 6) is 1.56. The maximum absolute atomic E-state index is 2.56. The molecule has 0 fully saturated rings. The molecule has 0 atom stereocenters. The van der Waals surface area contributed by atoms with Gasteiger partial charge in [0.1, 0.15) is 12.4 Å². The molecule has 0 saturated heterocycles. The van der Waals surface area contributed by atoms with Gasteiger partial charge >= 0.3 is 0 Å². The van der Waals surface area contributed by atoms with E-state index in [-0.39, 0.29) is 0 Å². The van der Waals surface area contributed by atoms with Crippen LogP contribution in [0.5, 0.6) is 0 Å². The Morgan fingerprint density at radius 1 is 0.633 bits per heavy atom. The molecule has 0 spiro atoms. The maximum atomic E-state index is 2.56. The van der Waals surface area contributed by atoms with E-state index < -0.39 is 0 Å². The van der Waals surface area contributed by atoms with Crippen molar-refractivity contribution in [1.82, 2.24) is 4.57 Å². The number of hydrogen-bond acceptors (Lipinski definition) is 0. The van der Waals surface area contributed by atoms with E-state index in [1.165, 1.54) is 129 Å². The number of aryl methyl sites for hydroxylation is 1. The Morgan fingerprint density at radius 3 is 1.53 bits per heavy atom. The maximum Gasteiger partial charge on any atom is 0.256 e. The lowest BCUT2D eigenvalue weighted by atomic mass is 10.1. The minimum absolute atomic E-state index is 0.572. The molecule has 1 aromatic rings. The molecule has 2 nitrogen and oxygen atoms in total. The molecular weight excluding hydrogens is 364 g/mol. The monoisotopic (exact) mass is 419 g/mol. The molecule has 0 unspecified atom stereocenters. The molecule has 30 heavy (non-hydrogen) atoms. The number of aromatic nitrogens is 2. The van der Waals surface area contributed by atoms with Crippen LogP contribution in [0, 0.1) is 0 Å². The van der Waals surface area contributed by atoms with Crippen molar-refractivity contribution in [3.63, 3.8) is 0 Å². The van der Waals surface area contributed by atoms with E-state index in [1.54, 1.807) is 5.82 Å². The zero-order valence-electron chi connectivity index (χ0n) is 21.3. The number of imidazole rings is 1. The third-order valence-electron chi connectivity index (χ3n) is 6.60. The second-order valence-electron chi connectivity index (χ2n) is 9.82. The number of unbranched alkanes of at least 4 members (excludes halogenated alkanes) is 16. The predicted molar refractivity (Wildman–Crippen MR) is 133 cm³/mol. The first kappa shape index (κ1) is 27.2. The molecule has 0 N–H and O–H groups in total. The molecule has 2 heteroatoms. The third kappa shape index (κ3) is 12.8. The Balaban J connectivity index is 2.22. The van der Waals surface area contributed by atoms with Crippen LogP contribution < -0.4 is 4.57 Å². The largest absolute Gasteiger partial charge is 0.256 e. The summed E-state index contributed by atoms with van der Waals surface area (Å²) in [5, 5.41) is 0. The first-order chi connectivity index (χ1) is 14.7. The number of rotatable bonds is 21. The fourth-order valence-electron chi connectivity index (χ4n) is 4.61. The molecule has 1 rings (SSSR count). The van der Waals surface area contributed by atoms with Gasteiger partial charge in [-0.3, -0.25) is 0 Å². The second kappa shape index (κ2) is 18.9. The molecule has 0 bridgehead atoms. The standard InChI is InChI=1S/C28H55N2/c1-5-7-9-11-13-15-16-17-19-21-23-28-29(25-26-30(28)27(3)4)24-22-20-18-14-12-10-8-6-2/h25-27H,5-24H2,1-4H3/q+1. The van der Waals surface area contributed by atoms with E-state index in [9.17, 15) is 0 Å². The molecule has 0 aliphatic rings. The van der Waals surface area contributed by atoms with Crippen molar-refractivity contribution < 1.29 is 4.57 Å². The highest BCUT2D eigenvalue weighted by Gasteiger charge is 2.18. The molecule has 1 heterocycles. The van der Waals surface area contributed by atoms with E-state index in [0.29, 0.717) is 6.04 Å². The van der Waals surface area contributed by atoms with E-state index in [1.807, 2.05) is 0 Å². The summed E-state index contributed by atoms with van der Waals surface area (Å²) >= 11 is 0. The van der Waals surface area contributed by atoms with Gasteiger partial charge in [-0.1, -0.05) is 110 Å². The van der Waals surface area contributed by atoms with Gasteiger partial charge < -0.3 is 0 Å². The molecule has 1 aromatic heterocycles. The van der Waals surface area contributed by atoms with Gasteiger partial charge in [-0.15, -0.1) is 0 Å². The molecule has 0 aliphatic heterocycles. The normalized spacial score (nSPS) is 11.6. The van der Waals surface area contributed by atoms with Crippen LogP contribution in [0.25, 0.3) is 0 Å². The van der Waals surface area contributed by atoms with E-state index in [0.717, 1.165) is 0 Å². The number of hydrogen-bond donors (Lipinski definition) is 0. The molecule has 176 valence electrons. The van der Waals surface area contributed by atoms with Gasteiger partial charge in [-0.05, 0) is 33.1 Å². The van der Waals surface area contributed by atoms with E-state index in [4.69, 9.17) is 0 Å². The van der Waals surface area contributed by atoms with Crippen LogP contribution in [-0.4, -0.2) is 4.57 Å². The second-order valence-corrected chi connectivity index (χ2v) is 9.82. The van der Waals surface area contributed by atoms with Gasteiger partial charge in [-0.25, -0.2) is 9.13 Å². The van der Waals surface area contributed by atoms with Crippen molar-refractivity contribution in [2.75, 3.05) is 0 Å². The topological polar surface area (TPSA) is 8.81 Å². The lowest BCUT2D eigenvalue weighted by molar-refractivity contribution is -0.704. The Bertz CT molecular complexity index is 489. The average molecular weight is 420 g/mol. The molecule has 0 aliphatic carbocycles. The zero-order chi connectivity index (χ0) is 21.9. The highest BCUT2D eigenvalue weighted by Crippen LogP contribution is 2.14. The van der Waals surface area contributed by atoms with Crippen LogP contribution in [-0.2, 0) is 13.0 Å². The number of nitrogens with zero attached hydrogens (tertiary/aromatic N) is 2. The van der Waals surface area contributed by atoms with E-state index in [2.05, 4.69) is 49.2 Å². The fraction of sp³-hybridized carbons (Fsp3) is 0.893. The first-order valence-electron chi connectivity index (χ1n) is 13.8. The average Bonchev–Trinajstić information content (AvgIpc) is 3.14. The van der Waals surface area contributed by atoms with Gasteiger partial charge in [-0.2, -0.15) is 0 Å². The molecular formula is C28H55N2+. The van der Waals surface area contributed by atoms with Crippen molar-refractivity contribution in [2.24, 2.45) is 0 Å². The van der Waals surface area contributed by atoms with Gasteiger partial charge in [0.15, 0.2) is 0 Å². The fourth-order valence-corrected chi connectivity index (χ4v) is 4.61. The smallest absolute Gasteiger partial charge is 0.234 e. The Kier molecular flexibility index (Phi) is 17.2. The van der Waals surface area contributed by atoms with Crippen molar-refractivity contribution >= 4 is 0 Å². The predicted octanol–water partition coefficient (Wildman–Crippen LogP) is 8.96. The highest BCUT2D eigenvalue weighted by atomic mass is 15.2. The summed E-state index contributed by atoms with van der Waals surface area (Å²) in [5.41, 5.74) is 0. The summed E-state index contributed by atoms with van der Waals surface area (Å²) in [6.45, 7) is 10.5. The van der Waals surface area contributed by atoms with Crippen LogP contribution in [0.15, 0.2) is 12.4 Å². The van der Waals surface area contributed by atoms with Crippen molar-refractivity contribution in [2.45, 2.75) is 162 Å². The van der Waals surface area contributed by atoms with E-state index >= 15 is 0 Å². The third-order valence-corrected chi connectivity index (χ3v) is 6.60. The molecule has 0 radical (unpaired) electrons. The van der Waals surface area contributed by atoms with Crippen LogP contribution in [0.4, 0.5) is 0 Å². The van der Waals surface area contributed by atoms with Crippen molar-refractivity contribution in [3.05, 3.63) is 18.2 Å². The lowest BCUT2D eigenvalue weighted by Crippen LogP contribution is -2.37. The van der Waals surface area contributed by atoms with Crippen molar-refractivity contribution in [1.29, 1.82) is 0 Å². The van der Waals surface area contributed by atoms with Gasteiger partial charge in [0.25, 0.3) is 5.82 Å². The summed E-state index contributed by atoms with van der Waals surface area (Å²) in [6.07, 6.45) is 31.3. The van der Waals surface area contributed by atoms with Gasteiger partial charge in [0.2, 0.25) is 0 Å². The Morgan fingerprint density at radius 2 is 1.07 bits per heavy atom. The van der Waals surface area contributed by atoms with Crippen molar-refractivity contribution in [3.8, 4) is 0 Å².